The molecule has 0 aromatic heterocycles. The Labute approximate surface area is 138 Å². The number of hydrogen-bond acceptors (Lipinski definition) is 3. The summed E-state index contributed by atoms with van der Waals surface area (Å²) in [6.07, 6.45) is 1.86. The molecule has 124 valence electrons. The first-order valence-electron chi connectivity index (χ1n) is 7.81. The molecule has 1 aliphatic carbocycles. The first-order chi connectivity index (χ1) is 11.5. The fourth-order valence-electron chi connectivity index (χ4n) is 2.70. The van der Waals surface area contributed by atoms with Crippen LogP contribution in [0.4, 0.5) is 10.1 Å². The Morgan fingerprint density at radius 3 is 2.46 bits per heavy atom. The monoisotopic (exact) mass is 328 g/mol. The summed E-state index contributed by atoms with van der Waals surface area (Å²) in [5, 5.41) is 11.1. The maximum absolute atomic E-state index is 13.0. The van der Waals surface area contributed by atoms with Crippen LogP contribution in [-0.2, 0) is 17.8 Å². The van der Waals surface area contributed by atoms with Gasteiger partial charge in [-0.25, -0.2) is 4.39 Å². The molecule has 0 saturated heterocycles. The van der Waals surface area contributed by atoms with Crippen LogP contribution in [0, 0.1) is 15.9 Å². The molecule has 1 saturated carbocycles. The van der Waals surface area contributed by atoms with Gasteiger partial charge in [0, 0.05) is 24.2 Å². The first-order valence-corrected chi connectivity index (χ1v) is 7.81. The van der Waals surface area contributed by atoms with Crippen LogP contribution in [0.5, 0.6) is 0 Å². The van der Waals surface area contributed by atoms with Gasteiger partial charge in [-0.2, -0.15) is 0 Å². The van der Waals surface area contributed by atoms with E-state index < -0.39 is 4.92 Å². The zero-order valence-electron chi connectivity index (χ0n) is 13.0. The van der Waals surface area contributed by atoms with Crippen molar-refractivity contribution >= 4 is 11.6 Å². The van der Waals surface area contributed by atoms with Gasteiger partial charge in [-0.1, -0.05) is 30.3 Å². The van der Waals surface area contributed by atoms with Crippen LogP contribution in [-0.4, -0.2) is 21.8 Å². The van der Waals surface area contributed by atoms with Crippen molar-refractivity contribution < 1.29 is 14.1 Å². The molecule has 1 aliphatic rings. The first kappa shape index (κ1) is 16.1. The number of amides is 1. The summed E-state index contributed by atoms with van der Waals surface area (Å²) in [5.41, 5.74) is 1.22. The minimum Gasteiger partial charge on any atom is -0.335 e. The number of nitro groups is 1. The van der Waals surface area contributed by atoms with E-state index in [1.807, 2.05) is 0 Å². The standard InChI is InChI=1S/C18H17FN2O3/c19-15-7-5-13(6-8-15)12-20(16-9-10-16)18(22)11-14-3-1-2-4-17(14)21(23)24/h1-8,16H,9-12H2. The van der Waals surface area contributed by atoms with Crippen molar-refractivity contribution in [2.24, 2.45) is 0 Å². The quantitative estimate of drug-likeness (QED) is 0.602. The molecule has 0 aliphatic heterocycles. The lowest BCUT2D eigenvalue weighted by Gasteiger charge is -2.22. The van der Waals surface area contributed by atoms with E-state index in [-0.39, 0.29) is 29.9 Å². The number of nitrogens with zero attached hydrogens (tertiary/aromatic N) is 2. The second-order valence-electron chi connectivity index (χ2n) is 5.94. The Kier molecular flexibility index (Phi) is 4.55. The summed E-state index contributed by atoms with van der Waals surface area (Å²) >= 11 is 0. The molecule has 0 radical (unpaired) electrons. The summed E-state index contributed by atoms with van der Waals surface area (Å²) < 4.78 is 13.0. The van der Waals surface area contributed by atoms with Gasteiger partial charge in [-0.05, 0) is 30.5 Å². The summed E-state index contributed by atoms with van der Waals surface area (Å²) in [6.45, 7) is 0.393. The summed E-state index contributed by atoms with van der Waals surface area (Å²) in [4.78, 5) is 25.0. The molecule has 3 rings (SSSR count). The average Bonchev–Trinajstić information content (AvgIpc) is 3.39. The number of nitro benzene ring substituents is 1. The van der Waals surface area contributed by atoms with Crippen LogP contribution >= 0.6 is 0 Å². The number of carbonyl (C=O) groups is 1. The van der Waals surface area contributed by atoms with E-state index in [4.69, 9.17) is 0 Å². The van der Waals surface area contributed by atoms with E-state index in [9.17, 15) is 19.3 Å². The van der Waals surface area contributed by atoms with Gasteiger partial charge in [0.25, 0.3) is 5.69 Å². The van der Waals surface area contributed by atoms with Crippen molar-refractivity contribution in [2.45, 2.75) is 31.8 Å². The van der Waals surface area contributed by atoms with Gasteiger partial charge in [0.2, 0.25) is 5.91 Å². The zero-order chi connectivity index (χ0) is 17.1. The second-order valence-corrected chi connectivity index (χ2v) is 5.94. The predicted molar refractivity (Wildman–Crippen MR) is 86.8 cm³/mol. The third-order valence-electron chi connectivity index (χ3n) is 4.10. The number of rotatable bonds is 6. The maximum atomic E-state index is 13.0. The van der Waals surface area contributed by atoms with E-state index in [1.165, 1.54) is 18.2 Å². The minimum absolute atomic E-state index is 0.00511. The van der Waals surface area contributed by atoms with Crippen LogP contribution in [0.1, 0.15) is 24.0 Å². The van der Waals surface area contributed by atoms with Gasteiger partial charge >= 0.3 is 0 Å². The van der Waals surface area contributed by atoms with E-state index in [0.717, 1.165) is 18.4 Å². The van der Waals surface area contributed by atoms with Crippen LogP contribution in [0.15, 0.2) is 48.5 Å². The van der Waals surface area contributed by atoms with Crippen molar-refractivity contribution in [3.05, 3.63) is 75.6 Å². The number of halogens is 1. The third kappa shape index (κ3) is 3.76. The average molecular weight is 328 g/mol. The van der Waals surface area contributed by atoms with Gasteiger partial charge in [0.1, 0.15) is 5.82 Å². The maximum Gasteiger partial charge on any atom is 0.273 e. The van der Waals surface area contributed by atoms with Gasteiger partial charge in [0.15, 0.2) is 0 Å². The SMILES string of the molecule is O=C(Cc1ccccc1[N+](=O)[O-])N(Cc1ccc(F)cc1)C1CC1. The van der Waals surface area contributed by atoms with E-state index >= 15 is 0 Å². The second kappa shape index (κ2) is 6.78. The highest BCUT2D eigenvalue weighted by Gasteiger charge is 2.33. The Bertz CT molecular complexity index is 757. The van der Waals surface area contributed by atoms with E-state index in [2.05, 4.69) is 0 Å². The highest BCUT2D eigenvalue weighted by Crippen LogP contribution is 2.30. The molecular weight excluding hydrogens is 311 g/mol. The van der Waals surface area contributed by atoms with Gasteiger partial charge in [-0.3, -0.25) is 14.9 Å². The van der Waals surface area contributed by atoms with Gasteiger partial charge in [0.05, 0.1) is 11.3 Å². The molecule has 24 heavy (non-hydrogen) atoms. The van der Waals surface area contributed by atoms with Crippen molar-refractivity contribution in [1.29, 1.82) is 0 Å². The highest BCUT2D eigenvalue weighted by molar-refractivity contribution is 5.80. The Morgan fingerprint density at radius 2 is 1.83 bits per heavy atom. The van der Waals surface area contributed by atoms with Crippen LogP contribution in [0.3, 0.4) is 0 Å². The number of para-hydroxylation sites is 1. The van der Waals surface area contributed by atoms with Crippen molar-refractivity contribution in [2.75, 3.05) is 0 Å². The Hall–Kier alpha value is -2.76. The lowest BCUT2D eigenvalue weighted by atomic mass is 10.1. The van der Waals surface area contributed by atoms with E-state index in [0.29, 0.717) is 12.1 Å². The van der Waals surface area contributed by atoms with Gasteiger partial charge in [-0.15, -0.1) is 0 Å². The summed E-state index contributed by atoms with van der Waals surface area (Å²) in [6, 6.07) is 12.5. The zero-order valence-corrected chi connectivity index (χ0v) is 13.0. The lowest BCUT2D eigenvalue weighted by Crippen LogP contribution is -2.33. The molecule has 5 nitrogen and oxygen atoms in total. The molecule has 0 unspecified atom stereocenters. The molecule has 0 N–H and O–H groups in total. The molecule has 6 heteroatoms. The number of benzene rings is 2. The fraction of sp³-hybridized carbons (Fsp3) is 0.278. The van der Waals surface area contributed by atoms with Crippen molar-refractivity contribution in [3.63, 3.8) is 0 Å². The van der Waals surface area contributed by atoms with Crippen molar-refractivity contribution in [1.82, 2.24) is 4.90 Å². The molecule has 0 atom stereocenters. The summed E-state index contributed by atoms with van der Waals surface area (Å²) in [5.74, 6) is -0.459. The molecule has 0 heterocycles. The highest BCUT2D eigenvalue weighted by atomic mass is 19.1. The molecule has 2 aromatic carbocycles. The molecule has 0 spiro atoms. The number of carbonyl (C=O) groups excluding carboxylic acids is 1. The molecule has 1 amide bonds. The van der Waals surface area contributed by atoms with Crippen molar-refractivity contribution in [3.8, 4) is 0 Å². The molecule has 0 bridgehead atoms. The third-order valence-corrected chi connectivity index (χ3v) is 4.10. The molecule has 2 aromatic rings. The molecular formula is C18H17FN2O3. The normalized spacial score (nSPS) is 13.5. The molecule has 1 fully saturated rings. The van der Waals surface area contributed by atoms with Crippen LogP contribution in [0.2, 0.25) is 0 Å². The Morgan fingerprint density at radius 1 is 1.17 bits per heavy atom. The smallest absolute Gasteiger partial charge is 0.273 e. The topological polar surface area (TPSA) is 63.4 Å². The Balaban J connectivity index is 1.76. The van der Waals surface area contributed by atoms with Crippen LogP contribution < -0.4 is 0 Å². The fourth-order valence-corrected chi connectivity index (χ4v) is 2.70. The minimum atomic E-state index is -0.468. The largest absolute Gasteiger partial charge is 0.335 e. The predicted octanol–water partition coefficient (Wildman–Crippen LogP) is 3.47. The van der Waals surface area contributed by atoms with Crippen LogP contribution in [0.25, 0.3) is 0 Å². The summed E-state index contributed by atoms with van der Waals surface area (Å²) in [7, 11) is 0. The van der Waals surface area contributed by atoms with Gasteiger partial charge < -0.3 is 4.90 Å². The number of hydrogen-bond donors (Lipinski definition) is 0. The lowest BCUT2D eigenvalue weighted by molar-refractivity contribution is -0.385. The van der Waals surface area contributed by atoms with E-state index in [1.54, 1.807) is 35.2 Å².